The molecule has 1 unspecified atom stereocenters. The van der Waals surface area contributed by atoms with E-state index in [9.17, 15) is 4.79 Å². The average molecular weight is 421 g/mol. The lowest BCUT2D eigenvalue weighted by Crippen LogP contribution is -2.32. The number of hydrogen-bond donors (Lipinski definition) is 2. The minimum absolute atomic E-state index is 0.00413. The minimum Gasteiger partial charge on any atom is -0.354 e. The Morgan fingerprint density at radius 3 is 2.77 bits per heavy atom. The Balaban J connectivity index is 1.59. The van der Waals surface area contributed by atoms with Crippen molar-refractivity contribution in [1.82, 2.24) is 19.9 Å². The van der Waals surface area contributed by atoms with E-state index in [1.807, 2.05) is 68.7 Å². The third kappa shape index (κ3) is 4.56. The topological polar surface area (TPSA) is 74.6 Å². The number of amides is 1. The number of aromatic nitrogens is 3. The molecule has 4 rings (SSSR count). The highest BCUT2D eigenvalue weighted by Crippen LogP contribution is 2.27. The first kappa shape index (κ1) is 21.3. The first-order valence-corrected chi connectivity index (χ1v) is 11.0. The summed E-state index contributed by atoms with van der Waals surface area (Å²) in [5, 5.41) is 11.4. The fourth-order valence-electron chi connectivity index (χ4n) is 3.83. The molecule has 2 N–H and O–H groups in total. The molecule has 0 bridgehead atoms. The Bertz CT molecular complexity index is 1100. The summed E-state index contributed by atoms with van der Waals surface area (Å²) in [6.45, 7) is 12.8. The fourth-order valence-corrected chi connectivity index (χ4v) is 3.83. The maximum absolute atomic E-state index is 12.5. The highest BCUT2D eigenvalue weighted by atomic mass is 16.2. The van der Waals surface area contributed by atoms with Gasteiger partial charge >= 0.3 is 0 Å². The van der Waals surface area contributed by atoms with E-state index in [0.29, 0.717) is 6.04 Å². The quantitative estimate of drug-likeness (QED) is 0.655. The molecule has 1 aliphatic heterocycles. The van der Waals surface area contributed by atoms with Crippen LogP contribution in [0.2, 0.25) is 0 Å². The zero-order valence-corrected chi connectivity index (χ0v) is 19.1. The summed E-state index contributed by atoms with van der Waals surface area (Å²) in [6, 6.07) is 10.6. The molecule has 0 radical (unpaired) electrons. The van der Waals surface area contributed by atoms with E-state index < -0.39 is 5.41 Å². The van der Waals surface area contributed by atoms with E-state index in [0.717, 1.165) is 60.0 Å². The van der Waals surface area contributed by atoms with Crippen LogP contribution < -0.4 is 15.5 Å². The lowest BCUT2D eigenvalue weighted by molar-refractivity contribution is -0.123. The molecule has 1 fully saturated rings. The van der Waals surface area contributed by atoms with Crippen LogP contribution >= 0.6 is 0 Å². The van der Waals surface area contributed by atoms with Gasteiger partial charge in [-0.05, 0) is 43.7 Å². The normalized spacial score (nSPS) is 16.8. The van der Waals surface area contributed by atoms with E-state index >= 15 is 0 Å². The second-order valence-corrected chi connectivity index (χ2v) is 9.34. The molecule has 1 amide bonds. The molecule has 0 spiro atoms. The van der Waals surface area contributed by atoms with Gasteiger partial charge < -0.3 is 15.5 Å². The van der Waals surface area contributed by atoms with Crippen molar-refractivity contribution >= 4 is 23.1 Å². The summed E-state index contributed by atoms with van der Waals surface area (Å²) in [7, 11) is 0. The molecule has 7 nitrogen and oxygen atoms in total. The molecular formula is C24H32N6O. The van der Waals surface area contributed by atoms with Gasteiger partial charge in [-0.2, -0.15) is 0 Å². The number of fused-ring (bicyclic) bond motifs is 1. The minimum atomic E-state index is -0.451. The van der Waals surface area contributed by atoms with E-state index in [1.165, 1.54) is 0 Å². The van der Waals surface area contributed by atoms with Gasteiger partial charge in [0.2, 0.25) is 5.91 Å². The zero-order valence-electron chi connectivity index (χ0n) is 19.1. The number of carbonyl (C=O) groups is 1. The number of rotatable bonds is 5. The molecule has 1 saturated heterocycles. The molecule has 31 heavy (non-hydrogen) atoms. The molecule has 3 heterocycles. The Hall–Kier alpha value is -2.93. The average Bonchev–Trinajstić information content (AvgIpc) is 3.35. The molecule has 1 aromatic carbocycles. The van der Waals surface area contributed by atoms with Gasteiger partial charge in [-0.1, -0.05) is 39.8 Å². The van der Waals surface area contributed by atoms with Crippen molar-refractivity contribution in [3.8, 4) is 11.3 Å². The summed E-state index contributed by atoms with van der Waals surface area (Å²) in [5.41, 5.74) is 3.98. The molecule has 0 aliphatic carbocycles. The smallest absolute Gasteiger partial charge is 0.229 e. The number of benzene rings is 1. The fraction of sp³-hybridized carbons (Fsp3) is 0.458. The second-order valence-electron chi connectivity index (χ2n) is 9.34. The Morgan fingerprint density at radius 1 is 1.23 bits per heavy atom. The SMILES string of the molecule is CCNC1CCN(c2ccc3nc(-c4ccc(C)c(NC(=O)C(C)(C)C)c4)cn3n2)C1. The van der Waals surface area contributed by atoms with Crippen molar-refractivity contribution < 1.29 is 4.79 Å². The van der Waals surface area contributed by atoms with Gasteiger partial charge in [-0.25, -0.2) is 9.50 Å². The van der Waals surface area contributed by atoms with Crippen molar-refractivity contribution in [2.24, 2.45) is 5.41 Å². The first-order chi connectivity index (χ1) is 14.7. The van der Waals surface area contributed by atoms with Crippen molar-refractivity contribution in [2.75, 3.05) is 29.9 Å². The number of aryl methyl sites for hydroxylation is 1. The van der Waals surface area contributed by atoms with E-state index in [2.05, 4.69) is 22.5 Å². The highest BCUT2D eigenvalue weighted by Gasteiger charge is 2.24. The van der Waals surface area contributed by atoms with Crippen molar-refractivity contribution in [3.05, 3.63) is 42.1 Å². The lowest BCUT2D eigenvalue weighted by Gasteiger charge is -2.19. The number of nitrogens with one attached hydrogen (secondary N) is 2. The highest BCUT2D eigenvalue weighted by molar-refractivity contribution is 5.95. The predicted octanol–water partition coefficient (Wildman–Crippen LogP) is 3.88. The molecule has 1 aliphatic rings. The molecule has 0 saturated carbocycles. The summed E-state index contributed by atoms with van der Waals surface area (Å²) in [4.78, 5) is 19.5. The summed E-state index contributed by atoms with van der Waals surface area (Å²) in [5.74, 6) is 0.967. The van der Waals surface area contributed by atoms with Gasteiger partial charge in [0.15, 0.2) is 5.65 Å². The van der Waals surface area contributed by atoms with Crippen molar-refractivity contribution in [1.29, 1.82) is 0 Å². The van der Waals surface area contributed by atoms with E-state index in [1.54, 1.807) is 0 Å². The van der Waals surface area contributed by atoms with Crippen LogP contribution in [-0.2, 0) is 4.79 Å². The first-order valence-electron chi connectivity index (χ1n) is 11.0. The molecule has 3 aromatic rings. The summed E-state index contributed by atoms with van der Waals surface area (Å²) in [6.07, 6.45) is 3.09. The van der Waals surface area contributed by atoms with Gasteiger partial charge in [-0.3, -0.25) is 4.79 Å². The van der Waals surface area contributed by atoms with E-state index in [4.69, 9.17) is 10.1 Å². The van der Waals surface area contributed by atoms with Crippen LogP contribution in [0.4, 0.5) is 11.5 Å². The largest absolute Gasteiger partial charge is 0.354 e. The van der Waals surface area contributed by atoms with Crippen LogP contribution in [0, 0.1) is 12.3 Å². The van der Waals surface area contributed by atoms with Gasteiger partial charge in [0, 0.05) is 35.8 Å². The zero-order chi connectivity index (χ0) is 22.2. The van der Waals surface area contributed by atoms with Gasteiger partial charge in [0.25, 0.3) is 0 Å². The standard InChI is InChI=1S/C24H32N6O/c1-6-25-18-11-12-29(14-18)22-10-9-21-26-20(15-30(21)28-22)17-8-7-16(2)19(13-17)27-23(31)24(3,4)5/h7-10,13,15,18,25H,6,11-12,14H2,1-5H3,(H,27,31). The van der Waals surface area contributed by atoms with Crippen LogP contribution in [0.1, 0.15) is 39.7 Å². The van der Waals surface area contributed by atoms with Crippen LogP contribution in [0.3, 0.4) is 0 Å². The maximum Gasteiger partial charge on any atom is 0.229 e. The Kier molecular flexibility index (Phi) is 5.71. The third-order valence-electron chi connectivity index (χ3n) is 5.77. The molecule has 164 valence electrons. The number of anilines is 2. The predicted molar refractivity (Wildman–Crippen MR) is 126 cm³/mol. The maximum atomic E-state index is 12.5. The van der Waals surface area contributed by atoms with Gasteiger partial charge in [0.1, 0.15) is 5.82 Å². The summed E-state index contributed by atoms with van der Waals surface area (Å²) < 4.78 is 1.85. The van der Waals surface area contributed by atoms with Crippen LogP contribution in [-0.4, -0.2) is 46.2 Å². The molecule has 2 aromatic heterocycles. The summed E-state index contributed by atoms with van der Waals surface area (Å²) >= 11 is 0. The van der Waals surface area contributed by atoms with Crippen molar-refractivity contribution in [2.45, 2.75) is 47.1 Å². The number of carbonyl (C=O) groups excluding carboxylic acids is 1. The number of nitrogens with zero attached hydrogens (tertiary/aromatic N) is 4. The van der Waals surface area contributed by atoms with Crippen LogP contribution in [0.25, 0.3) is 16.9 Å². The molecular weight excluding hydrogens is 388 g/mol. The molecule has 7 heteroatoms. The van der Waals surface area contributed by atoms with Crippen LogP contribution in [0.15, 0.2) is 36.5 Å². The second kappa shape index (κ2) is 8.30. The van der Waals surface area contributed by atoms with Gasteiger partial charge in [0.05, 0.1) is 11.9 Å². The Morgan fingerprint density at radius 2 is 2.03 bits per heavy atom. The number of likely N-dealkylation sites (N-methyl/N-ethyl adjacent to an activating group) is 1. The Labute approximate surface area is 183 Å². The lowest BCUT2D eigenvalue weighted by atomic mass is 9.95. The van der Waals surface area contributed by atoms with Gasteiger partial charge in [-0.15, -0.1) is 5.10 Å². The van der Waals surface area contributed by atoms with E-state index in [-0.39, 0.29) is 5.91 Å². The molecule has 1 atom stereocenters. The third-order valence-corrected chi connectivity index (χ3v) is 5.77. The van der Waals surface area contributed by atoms with Crippen molar-refractivity contribution in [3.63, 3.8) is 0 Å². The number of imidazole rings is 1. The monoisotopic (exact) mass is 420 g/mol. The van der Waals surface area contributed by atoms with Crippen LogP contribution in [0.5, 0.6) is 0 Å². The number of hydrogen-bond acceptors (Lipinski definition) is 5.